The van der Waals surface area contributed by atoms with Gasteiger partial charge in [0.05, 0.1) is 4.90 Å². The van der Waals surface area contributed by atoms with Crippen molar-refractivity contribution in [3.05, 3.63) is 71.5 Å². The minimum atomic E-state index is -3.87. The Labute approximate surface area is 128 Å². The lowest BCUT2D eigenvalue weighted by atomic mass is 9.88. The molecule has 0 saturated heterocycles. The van der Waals surface area contributed by atoms with E-state index in [1.165, 1.54) is 12.1 Å². The Morgan fingerprint density at radius 2 is 1.55 bits per heavy atom. The van der Waals surface area contributed by atoms with Gasteiger partial charge in [0.2, 0.25) is 5.78 Å². The van der Waals surface area contributed by atoms with E-state index < -0.39 is 26.6 Å². The van der Waals surface area contributed by atoms with E-state index in [4.69, 9.17) is 0 Å². The van der Waals surface area contributed by atoms with E-state index in [0.29, 0.717) is 5.56 Å². The Kier molecular flexibility index (Phi) is 3.37. The number of hydrogen-bond acceptors (Lipinski definition) is 4. The Hall–Kier alpha value is -2.40. The van der Waals surface area contributed by atoms with Crippen molar-refractivity contribution in [2.75, 3.05) is 0 Å². The van der Waals surface area contributed by atoms with Gasteiger partial charge in [-0.3, -0.25) is 4.79 Å². The number of carbonyl (C=O) groups is 1. The van der Waals surface area contributed by atoms with E-state index in [1.54, 1.807) is 42.5 Å². The van der Waals surface area contributed by atoms with Crippen molar-refractivity contribution >= 4 is 21.2 Å². The van der Waals surface area contributed by atoms with Gasteiger partial charge in [0.15, 0.2) is 20.8 Å². The highest BCUT2D eigenvalue weighted by molar-refractivity contribution is 7.93. The molecule has 5 heteroatoms. The van der Waals surface area contributed by atoms with Crippen LogP contribution in [0, 0.1) is 6.92 Å². The van der Waals surface area contributed by atoms with E-state index >= 15 is 0 Å². The van der Waals surface area contributed by atoms with E-state index in [2.05, 4.69) is 0 Å². The van der Waals surface area contributed by atoms with Gasteiger partial charge in [-0.2, -0.15) is 0 Å². The topological polar surface area (TPSA) is 71.4 Å². The first-order valence-corrected chi connectivity index (χ1v) is 8.31. The van der Waals surface area contributed by atoms with Gasteiger partial charge in [0.1, 0.15) is 0 Å². The van der Waals surface area contributed by atoms with Crippen LogP contribution in [0.5, 0.6) is 0 Å². The van der Waals surface area contributed by atoms with Crippen LogP contribution >= 0.6 is 0 Å². The largest absolute Gasteiger partial charge is 0.504 e. The zero-order valence-corrected chi connectivity index (χ0v) is 12.7. The zero-order chi connectivity index (χ0) is 15.9. The summed E-state index contributed by atoms with van der Waals surface area (Å²) in [5.41, 5.74) is 1.65. The molecule has 0 fully saturated rings. The Morgan fingerprint density at radius 1 is 0.955 bits per heavy atom. The predicted molar refractivity (Wildman–Crippen MR) is 83.2 cm³/mol. The van der Waals surface area contributed by atoms with Crippen molar-refractivity contribution in [3.63, 3.8) is 0 Å². The molecule has 0 bridgehead atoms. The number of benzene rings is 2. The number of carbonyl (C=O) groups excluding carboxylic acids is 1. The summed E-state index contributed by atoms with van der Waals surface area (Å²) in [5, 5.41) is 8.48. The highest BCUT2D eigenvalue weighted by Gasteiger charge is 2.49. The predicted octanol–water partition coefficient (Wildman–Crippen LogP) is 2.69. The van der Waals surface area contributed by atoms with Gasteiger partial charge in [0.25, 0.3) is 0 Å². The number of Topliss-reactive ketones (excluding diaryl/α,β-unsaturated/α-hetero) is 1. The number of aliphatic hydroxyl groups is 1. The van der Waals surface area contributed by atoms with Crippen molar-refractivity contribution in [1.29, 1.82) is 0 Å². The fourth-order valence-electron chi connectivity index (χ4n) is 2.50. The number of aliphatic hydroxyl groups excluding tert-OH is 1. The van der Waals surface area contributed by atoms with E-state index in [0.717, 1.165) is 5.56 Å². The maximum Gasteiger partial charge on any atom is 0.220 e. The molecule has 2 aromatic rings. The fraction of sp³-hybridized carbons (Fsp3) is 0.118. The summed E-state index contributed by atoms with van der Waals surface area (Å²) in [6.45, 7) is 1.85. The second kappa shape index (κ2) is 5.10. The highest BCUT2D eigenvalue weighted by atomic mass is 32.2. The van der Waals surface area contributed by atoms with Crippen LogP contribution in [0.3, 0.4) is 0 Å². The van der Waals surface area contributed by atoms with Gasteiger partial charge in [-0.05, 0) is 24.6 Å². The van der Waals surface area contributed by atoms with Gasteiger partial charge < -0.3 is 5.11 Å². The molecule has 0 radical (unpaired) electrons. The van der Waals surface area contributed by atoms with Crippen LogP contribution in [-0.2, 0) is 14.6 Å². The average molecular weight is 314 g/mol. The SMILES string of the molecule is Cc1ccc(S(=O)(=O)C2C(=O)C(O)=C2c2ccccc2)cc1. The second-order valence-electron chi connectivity index (χ2n) is 5.23. The van der Waals surface area contributed by atoms with Crippen molar-refractivity contribution in [3.8, 4) is 0 Å². The summed E-state index contributed by atoms with van der Waals surface area (Å²) < 4.78 is 25.4. The monoisotopic (exact) mass is 314 g/mol. The molecule has 112 valence electrons. The molecule has 0 saturated carbocycles. The lowest BCUT2D eigenvalue weighted by Crippen LogP contribution is -2.41. The standard InChI is InChI=1S/C17H14O4S/c1-11-7-9-13(10-8-11)22(20,21)17-14(15(18)16(17)19)12-5-3-2-4-6-12/h2-10,17-18H,1H3. The number of aryl methyl sites for hydroxylation is 1. The third-order valence-corrected chi connectivity index (χ3v) is 5.73. The van der Waals surface area contributed by atoms with Gasteiger partial charge in [-0.25, -0.2) is 8.42 Å². The Morgan fingerprint density at radius 3 is 2.14 bits per heavy atom. The molecule has 4 nitrogen and oxygen atoms in total. The Balaban J connectivity index is 2.08. The van der Waals surface area contributed by atoms with Crippen LogP contribution in [-0.4, -0.2) is 24.6 Å². The molecule has 0 heterocycles. The molecule has 1 N–H and O–H groups in total. The smallest absolute Gasteiger partial charge is 0.220 e. The van der Waals surface area contributed by atoms with Gasteiger partial charge in [-0.1, -0.05) is 48.0 Å². The molecule has 22 heavy (non-hydrogen) atoms. The third kappa shape index (κ3) is 2.14. The van der Waals surface area contributed by atoms with Crippen molar-refractivity contribution in [2.45, 2.75) is 17.1 Å². The summed E-state index contributed by atoms with van der Waals surface area (Å²) in [6, 6.07) is 14.9. The van der Waals surface area contributed by atoms with Crippen molar-refractivity contribution in [2.24, 2.45) is 0 Å². The molecule has 3 rings (SSSR count). The molecular weight excluding hydrogens is 300 g/mol. The number of ketones is 1. The number of rotatable bonds is 3. The number of hydrogen-bond donors (Lipinski definition) is 1. The van der Waals surface area contributed by atoms with Gasteiger partial charge in [0, 0.05) is 5.57 Å². The van der Waals surface area contributed by atoms with E-state index in [-0.39, 0.29) is 10.5 Å². The molecule has 0 aliphatic heterocycles. The van der Waals surface area contributed by atoms with Crippen molar-refractivity contribution in [1.82, 2.24) is 0 Å². The molecule has 0 aromatic heterocycles. The molecule has 1 unspecified atom stereocenters. The molecule has 1 aliphatic rings. The maximum atomic E-state index is 12.7. The Bertz CT molecular complexity index is 863. The molecule has 1 aliphatic carbocycles. The normalized spacial score (nSPS) is 18.2. The summed E-state index contributed by atoms with van der Waals surface area (Å²) >= 11 is 0. The average Bonchev–Trinajstić information content (AvgIpc) is 2.52. The first-order valence-electron chi connectivity index (χ1n) is 6.76. The third-order valence-electron chi connectivity index (χ3n) is 3.73. The zero-order valence-electron chi connectivity index (χ0n) is 11.9. The maximum absolute atomic E-state index is 12.7. The molecule has 2 aromatic carbocycles. The lowest BCUT2D eigenvalue weighted by Gasteiger charge is -2.28. The molecule has 0 spiro atoms. The first kappa shape index (κ1) is 14.5. The number of allylic oxidation sites excluding steroid dienone is 1. The minimum absolute atomic E-state index is 0.0809. The van der Waals surface area contributed by atoms with Crippen LogP contribution in [0.1, 0.15) is 11.1 Å². The van der Waals surface area contributed by atoms with Crippen LogP contribution in [0.25, 0.3) is 5.57 Å². The molecule has 1 atom stereocenters. The number of sulfone groups is 1. The van der Waals surface area contributed by atoms with Crippen LogP contribution in [0.4, 0.5) is 0 Å². The highest BCUT2D eigenvalue weighted by Crippen LogP contribution is 2.39. The van der Waals surface area contributed by atoms with Gasteiger partial charge >= 0.3 is 0 Å². The summed E-state index contributed by atoms with van der Waals surface area (Å²) in [6.07, 6.45) is 0. The molecule has 0 amide bonds. The van der Waals surface area contributed by atoms with Crippen LogP contribution < -0.4 is 0 Å². The lowest BCUT2D eigenvalue weighted by molar-refractivity contribution is -0.118. The van der Waals surface area contributed by atoms with Crippen molar-refractivity contribution < 1.29 is 18.3 Å². The fourth-order valence-corrected chi connectivity index (χ4v) is 4.24. The van der Waals surface area contributed by atoms with Gasteiger partial charge in [-0.15, -0.1) is 0 Å². The van der Waals surface area contributed by atoms with E-state index in [9.17, 15) is 18.3 Å². The van der Waals surface area contributed by atoms with Crippen LogP contribution in [0.15, 0.2) is 65.3 Å². The first-order chi connectivity index (χ1) is 10.4. The quantitative estimate of drug-likeness (QED) is 0.945. The minimum Gasteiger partial charge on any atom is -0.504 e. The summed E-state index contributed by atoms with van der Waals surface area (Å²) in [7, 11) is -3.87. The van der Waals surface area contributed by atoms with E-state index in [1.807, 2.05) is 6.92 Å². The summed E-state index contributed by atoms with van der Waals surface area (Å²) in [5.74, 6) is -1.22. The molecular formula is C17H14O4S. The summed E-state index contributed by atoms with van der Waals surface area (Å²) in [4.78, 5) is 12.0. The second-order valence-corrected chi connectivity index (χ2v) is 7.26. The van der Waals surface area contributed by atoms with Crippen LogP contribution in [0.2, 0.25) is 0 Å².